The summed E-state index contributed by atoms with van der Waals surface area (Å²) < 4.78 is 12.9. The van der Waals surface area contributed by atoms with E-state index >= 15 is 0 Å². The van der Waals surface area contributed by atoms with E-state index in [1.165, 1.54) is 18.2 Å². The molecule has 0 saturated heterocycles. The Balaban J connectivity index is 1.85. The fourth-order valence-electron chi connectivity index (χ4n) is 2.02. The van der Waals surface area contributed by atoms with E-state index in [9.17, 15) is 14.0 Å². The molecule has 0 heterocycles. The van der Waals surface area contributed by atoms with Gasteiger partial charge in [0.1, 0.15) is 5.82 Å². The molecule has 0 aliphatic rings. The zero-order valence-electron chi connectivity index (χ0n) is 12.5. The van der Waals surface area contributed by atoms with Crippen LogP contribution in [0, 0.1) is 5.82 Å². The van der Waals surface area contributed by atoms with Crippen molar-refractivity contribution in [2.75, 3.05) is 6.54 Å². The number of halogens is 2. The zero-order chi connectivity index (χ0) is 16.8. The van der Waals surface area contributed by atoms with Crippen molar-refractivity contribution in [2.24, 2.45) is 0 Å². The molecule has 2 N–H and O–H groups in total. The van der Waals surface area contributed by atoms with E-state index < -0.39 is 0 Å². The van der Waals surface area contributed by atoms with Gasteiger partial charge in [0.2, 0.25) is 5.91 Å². The maximum atomic E-state index is 12.9. The first-order valence-electron chi connectivity index (χ1n) is 7.04. The molecular weight excluding hydrogens is 319 g/mol. The quantitative estimate of drug-likeness (QED) is 0.882. The third kappa shape index (κ3) is 5.07. The van der Waals surface area contributed by atoms with Crippen molar-refractivity contribution in [3.05, 3.63) is 70.5 Å². The van der Waals surface area contributed by atoms with Crippen LogP contribution in [-0.4, -0.2) is 18.4 Å². The second-order valence-electron chi connectivity index (χ2n) is 5.03. The fourth-order valence-corrected chi connectivity index (χ4v) is 2.21. The summed E-state index contributed by atoms with van der Waals surface area (Å²) in [6.07, 6.45) is 0. The summed E-state index contributed by atoms with van der Waals surface area (Å²) in [7, 11) is 0. The number of benzene rings is 2. The van der Waals surface area contributed by atoms with E-state index in [1.54, 1.807) is 37.3 Å². The van der Waals surface area contributed by atoms with Gasteiger partial charge in [-0.2, -0.15) is 0 Å². The van der Waals surface area contributed by atoms with Gasteiger partial charge in [0.25, 0.3) is 5.91 Å². The van der Waals surface area contributed by atoms with Crippen LogP contribution in [0.3, 0.4) is 0 Å². The van der Waals surface area contributed by atoms with E-state index in [-0.39, 0.29) is 30.2 Å². The minimum absolute atomic E-state index is 0.156. The molecule has 1 unspecified atom stereocenters. The molecule has 0 saturated carbocycles. The smallest absolute Gasteiger partial charge is 0.251 e. The molecule has 0 aliphatic carbocycles. The van der Waals surface area contributed by atoms with E-state index in [1.807, 2.05) is 0 Å². The Morgan fingerprint density at radius 3 is 2.52 bits per heavy atom. The van der Waals surface area contributed by atoms with Crippen molar-refractivity contribution >= 4 is 23.4 Å². The van der Waals surface area contributed by atoms with Crippen LogP contribution in [0.1, 0.15) is 28.9 Å². The number of nitrogens with one attached hydrogen (secondary N) is 2. The number of amides is 2. The molecule has 2 amide bonds. The zero-order valence-corrected chi connectivity index (χ0v) is 13.2. The third-order valence-corrected chi connectivity index (χ3v) is 3.48. The summed E-state index contributed by atoms with van der Waals surface area (Å²) in [5, 5.41) is 5.70. The predicted molar refractivity (Wildman–Crippen MR) is 86.7 cm³/mol. The highest BCUT2D eigenvalue weighted by Gasteiger charge is 2.12. The first kappa shape index (κ1) is 17.0. The van der Waals surface area contributed by atoms with Gasteiger partial charge in [0, 0.05) is 10.6 Å². The second kappa shape index (κ2) is 7.74. The molecule has 0 radical (unpaired) electrons. The fraction of sp³-hybridized carbons (Fsp3) is 0.176. The van der Waals surface area contributed by atoms with Crippen LogP contribution in [-0.2, 0) is 4.79 Å². The predicted octanol–water partition coefficient (Wildman–Crippen LogP) is 3.09. The van der Waals surface area contributed by atoms with Crippen LogP contribution < -0.4 is 10.6 Å². The molecule has 6 heteroatoms. The molecule has 2 aromatic carbocycles. The van der Waals surface area contributed by atoms with Crippen molar-refractivity contribution in [3.8, 4) is 0 Å². The molecule has 0 bridgehead atoms. The lowest BCUT2D eigenvalue weighted by molar-refractivity contribution is -0.120. The van der Waals surface area contributed by atoms with Crippen molar-refractivity contribution in [3.63, 3.8) is 0 Å². The molecule has 0 aliphatic heterocycles. The van der Waals surface area contributed by atoms with E-state index in [0.717, 1.165) is 5.56 Å². The largest absolute Gasteiger partial charge is 0.348 e. The van der Waals surface area contributed by atoms with Crippen LogP contribution in [0.25, 0.3) is 0 Å². The van der Waals surface area contributed by atoms with Crippen LogP contribution >= 0.6 is 11.6 Å². The molecule has 0 fully saturated rings. The van der Waals surface area contributed by atoms with E-state index in [0.29, 0.717) is 10.6 Å². The van der Waals surface area contributed by atoms with Gasteiger partial charge < -0.3 is 10.6 Å². The van der Waals surface area contributed by atoms with Gasteiger partial charge >= 0.3 is 0 Å². The summed E-state index contributed by atoms with van der Waals surface area (Å²) in [5.41, 5.74) is 1.16. The molecule has 2 aromatic rings. The number of carbonyl (C=O) groups excluding carboxylic acids is 2. The van der Waals surface area contributed by atoms with Gasteiger partial charge in [-0.25, -0.2) is 4.39 Å². The highest BCUT2D eigenvalue weighted by molar-refractivity contribution is 6.30. The monoisotopic (exact) mass is 334 g/mol. The van der Waals surface area contributed by atoms with Crippen LogP contribution in [0.5, 0.6) is 0 Å². The highest BCUT2D eigenvalue weighted by Crippen LogP contribution is 2.12. The van der Waals surface area contributed by atoms with Gasteiger partial charge in [0.05, 0.1) is 12.6 Å². The van der Waals surface area contributed by atoms with Gasteiger partial charge in [0.15, 0.2) is 0 Å². The normalized spacial score (nSPS) is 11.6. The van der Waals surface area contributed by atoms with E-state index in [4.69, 9.17) is 11.6 Å². The maximum Gasteiger partial charge on any atom is 0.251 e. The first-order valence-corrected chi connectivity index (χ1v) is 7.42. The molecule has 0 spiro atoms. The first-order chi connectivity index (χ1) is 11.0. The van der Waals surface area contributed by atoms with Crippen LogP contribution in [0.2, 0.25) is 5.02 Å². The lowest BCUT2D eigenvalue weighted by Crippen LogP contribution is -2.38. The number of rotatable bonds is 5. The Morgan fingerprint density at radius 1 is 1.17 bits per heavy atom. The SMILES string of the molecule is CC(NC(=O)CNC(=O)c1cccc(Cl)c1)c1ccc(F)cc1. The minimum Gasteiger partial charge on any atom is -0.348 e. The third-order valence-electron chi connectivity index (χ3n) is 3.24. The Bertz CT molecular complexity index is 704. The van der Waals surface area contributed by atoms with Gasteiger partial charge in [-0.3, -0.25) is 9.59 Å². The molecule has 4 nitrogen and oxygen atoms in total. The van der Waals surface area contributed by atoms with E-state index in [2.05, 4.69) is 10.6 Å². The van der Waals surface area contributed by atoms with Crippen LogP contribution in [0.4, 0.5) is 4.39 Å². The Kier molecular flexibility index (Phi) is 5.71. The molecule has 0 aromatic heterocycles. The van der Waals surface area contributed by atoms with Crippen LogP contribution in [0.15, 0.2) is 48.5 Å². The average Bonchev–Trinajstić information content (AvgIpc) is 2.53. The summed E-state index contributed by atoms with van der Waals surface area (Å²) in [5.74, 6) is -1.05. The maximum absolute atomic E-state index is 12.9. The molecule has 2 rings (SSSR count). The van der Waals surface area contributed by atoms with Crippen molar-refractivity contribution < 1.29 is 14.0 Å². The molecule has 120 valence electrons. The van der Waals surface area contributed by atoms with Gasteiger partial charge in [-0.15, -0.1) is 0 Å². The Labute approximate surface area is 138 Å². The minimum atomic E-state index is -0.378. The van der Waals surface area contributed by atoms with Crippen molar-refractivity contribution in [1.82, 2.24) is 10.6 Å². The van der Waals surface area contributed by atoms with Crippen molar-refractivity contribution in [1.29, 1.82) is 0 Å². The lowest BCUT2D eigenvalue weighted by Gasteiger charge is -2.14. The Hall–Kier alpha value is -2.40. The molecule has 1 atom stereocenters. The molecular formula is C17H16ClFN2O2. The summed E-state index contributed by atoms with van der Waals surface area (Å²) in [4.78, 5) is 23.8. The summed E-state index contributed by atoms with van der Waals surface area (Å²) in [6, 6.07) is 12.0. The second-order valence-corrected chi connectivity index (χ2v) is 5.47. The number of hydrogen-bond donors (Lipinski definition) is 2. The standard InChI is InChI=1S/C17H16ClFN2O2/c1-11(12-5-7-15(19)8-6-12)21-16(22)10-20-17(23)13-3-2-4-14(18)9-13/h2-9,11H,10H2,1H3,(H,20,23)(H,21,22). The van der Waals surface area contributed by atoms with Gasteiger partial charge in [-0.05, 0) is 42.8 Å². The average molecular weight is 335 g/mol. The molecule has 23 heavy (non-hydrogen) atoms. The summed E-state index contributed by atoms with van der Waals surface area (Å²) >= 11 is 5.81. The summed E-state index contributed by atoms with van der Waals surface area (Å²) in [6.45, 7) is 1.63. The van der Waals surface area contributed by atoms with Crippen molar-refractivity contribution in [2.45, 2.75) is 13.0 Å². The van der Waals surface area contributed by atoms with Gasteiger partial charge in [-0.1, -0.05) is 29.8 Å². The topological polar surface area (TPSA) is 58.2 Å². The number of hydrogen-bond acceptors (Lipinski definition) is 2. The Morgan fingerprint density at radius 2 is 1.87 bits per heavy atom. The highest BCUT2D eigenvalue weighted by atomic mass is 35.5. The lowest BCUT2D eigenvalue weighted by atomic mass is 10.1. The number of carbonyl (C=O) groups is 2.